The van der Waals surface area contributed by atoms with Crippen LogP contribution in [-0.2, 0) is 24.3 Å². The predicted molar refractivity (Wildman–Crippen MR) is 82.1 cm³/mol. The van der Waals surface area contributed by atoms with Gasteiger partial charge < -0.3 is 5.11 Å². The molecule has 0 saturated carbocycles. The highest BCUT2D eigenvalue weighted by atomic mass is 16.4. The molecule has 2 heterocycles. The van der Waals surface area contributed by atoms with Crippen LogP contribution in [0.3, 0.4) is 0 Å². The fourth-order valence-electron chi connectivity index (χ4n) is 3.18. The molecular formula is C16H27N3O2. The van der Waals surface area contributed by atoms with Crippen molar-refractivity contribution in [2.45, 2.75) is 59.5 Å². The van der Waals surface area contributed by atoms with Gasteiger partial charge in [-0.25, -0.2) is 0 Å². The Morgan fingerprint density at radius 2 is 2.00 bits per heavy atom. The largest absolute Gasteiger partial charge is 0.481 e. The fourth-order valence-corrected chi connectivity index (χ4v) is 3.18. The molecule has 1 aliphatic heterocycles. The van der Waals surface area contributed by atoms with Crippen LogP contribution in [0.4, 0.5) is 0 Å². The molecule has 1 fully saturated rings. The Labute approximate surface area is 126 Å². The van der Waals surface area contributed by atoms with Crippen LogP contribution in [-0.4, -0.2) is 38.8 Å². The zero-order valence-electron chi connectivity index (χ0n) is 13.4. The number of likely N-dealkylation sites (tertiary alicyclic amines) is 1. The van der Waals surface area contributed by atoms with E-state index in [-0.39, 0.29) is 0 Å². The van der Waals surface area contributed by atoms with E-state index >= 15 is 0 Å². The minimum atomic E-state index is -0.628. The number of nitrogens with zero attached hydrogens (tertiary/aromatic N) is 3. The molecule has 1 saturated heterocycles. The number of carbonyl (C=O) groups is 1. The summed E-state index contributed by atoms with van der Waals surface area (Å²) in [5.41, 5.74) is 1.88. The highest BCUT2D eigenvalue weighted by Crippen LogP contribution is 2.35. The van der Waals surface area contributed by atoms with Gasteiger partial charge in [-0.1, -0.05) is 13.8 Å². The molecule has 0 amide bonds. The number of aryl methyl sites for hydroxylation is 2. The zero-order chi connectivity index (χ0) is 15.5. The molecule has 118 valence electrons. The van der Waals surface area contributed by atoms with Crippen molar-refractivity contribution in [1.29, 1.82) is 0 Å². The van der Waals surface area contributed by atoms with E-state index < -0.39 is 11.4 Å². The maximum absolute atomic E-state index is 11.5. The topological polar surface area (TPSA) is 58.4 Å². The number of hydrogen-bond acceptors (Lipinski definition) is 3. The van der Waals surface area contributed by atoms with Gasteiger partial charge in [0, 0.05) is 13.1 Å². The van der Waals surface area contributed by atoms with E-state index in [9.17, 15) is 9.90 Å². The predicted octanol–water partition coefficient (Wildman–Crippen LogP) is 2.54. The van der Waals surface area contributed by atoms with Crippen molar-refractivity contribution in [2.75, 3.05) is 13.1 Å². The van der Waals surface area contributed by atoms with E-state index in [2.05, 4.69) is 34.6 Å². The fraction of sp³-hybridized carbons (Fsp3) is 0.750. The lowest BCUT2D eigenvalue weighted by Crippen LogP contribution is -2.43. The summed E-state index contributed by atoms with van der Waals surface area (Å²) >= 11 is 0. The van der Waals surface area contributed by atoms with E-state index in [0.29, 0.717) is 0 Å². The monoisotopic (exact) mass is 293 g/mol. The second kappa shape index (κ2) is 6.60. The number of hydrogen-bond donors (Lipinski definition) is 1. The van der Waals surface area contributed by atoms with Gasteiger partial charge in [0.1, 0.15) is 0 Å². The molecule has 5 heteroatoms. The van der Waals surface area contributed by atoms with E-state index in [1.807, 2.05) is 6.92 Å². The molecule has 1 aliphatic rings. The van der Waals surface area contributed by atoms with Crippen LogP contribution in [0.5, 0.6) is 0 Å². The van der Waals surface area contributed by atoms with E-state index in [1.165, 1.54) is 5.69 Å². The molecule has 0 atom stereocenters. The van der Waals surface area contributed by atoms with Crippen LogP contribution >= 0.6 is 0 Å². The first-order chi connectivity index (χ1) is 10.0. The minimum absolute atomic E-state index is 0.504. The summed E-state index contributed by atoms with van der Waals surface area (Å²) in [7, 11) is 0. The molecule has 0 aromatic carbocycles. The Balaban J connectivity index is 2.00. The van der Waals surface area contributed by atoms with Gasteiger partial charge in [0.25, 0.3) is 0 Å². The summed E-state index contributed by atoms with van der Waals surface area (Å²) in [5.74, 6) is -0.628. The number of aliphatic carboxylic acids is 1. The maximum atomic E-state index is 11.5. The van der Waals surface area contributed by atoms with Crippen LogP contribution in [0, 0.1) is 5.41 Å². The summed E-state index contributed by atoms with van der Waals surface area (Å²) in [5, 5.41) is 14.0. The SMILES string of the molecule is CCc1cc(CN2CCC(CC)(C(=O)O)CC2)n(CC)n1. The molecule has 0 bridgehead atoms. The Hall–Kier alpha value is -1.36. The van der Waals surface area contributed by atoms with Gasteiger partial charge in [0.05, 0.1) is 16.8 Å². The molecule has 0 spiro atoms. The van der Waals surface area contributed by atoms with E-state index in [0.717, 1.165) is 57.6 Å². The third-order valence-electron chi connectivity index (χ3n) is 4.90. The second-order valence-electron chi connectivity index (χ2n) is 6.01. The van der Waals surface area contributed by atoms with Crippen LogP contribution in [0.25, 0.3) is 0 Å². The van der Waals surface area contributed by atoms with Gasteiger partial charge in [-0.05, 0) is 51.8 Å². The van der Waals surface area contributed by atoms with Crippen molar-refractivity contribution < 1.29 is 9.90 Å². The molecule has 1 aromatic heterocycles. The van der Waals surface area contributed by atoms with Gasteiger partial charge in [0.2, 0.25) is 0 Å². The molecule has 0 unspecified atom stereocenters. The minimum Gasteiger partial charge on any atom is -0.481 e. The first-order valence-corrected chi connectivity index (χ1v) is 8.06. The Bertz CT molecular complexity index is 488. The summed E-state index contributed by atoms with van der Waals surface area (Å²) in [6, 6.07) is 2.18. The maximum Gasteiger partial charge on any atom is 0.309 e. The van der Waals surface area contributed by atoms with E-state index in [4.69, 9.17) is 0 Å². The van der Waals surface area contributed by atoms with Crippen molar-refractivity contribution in [3.8, 4) is 0 Å². The highest BCUT2D eigenvalue weighted by Gasteiger charge is 2.39. The van der Waals surface area contributed by atoms with Crippen molar-refractivity contribution in [3.63, 3.8) is 0 Å². The number of carboxylic acids is 1. The average Bonchev–Trinajstić information content (AvgIpc) is 2.90. The lowest BCUT2D eigenvalue weighted by molar-refractivity contribution is -0.152. The molecule has 5 nitrogen and oxygen atoms in total. The van der Waals surface area contributed by atoms with Gasteiger partial charge in [0.15, 0.2) is 0 Å². The number of rotatable bonds is 6. The quantitative estimate of drug-likeness (QED) is 0.875. The van der Waals surface area contributed by atoms with Crippen molar-refractivity contribution >= 4 is 5.97 Å². The average molecular weight is 293 g/mol. The Morgan fingerprint density at radius 3 is 2.48 bits per heavy atom. The van der Waals surface area contributed by atoms with Gasteiger partial charge in [-0.3, -0.25) is 14.4 Å². The second-order valence-corrected chi connectivity index (χ2v) is 6.01. The van der Waals surface area contributed by atoms with Gasteiger partial charge in [-0.2, -0.15) is 5.10 Å². The normalized spacial score (nSPS) is 18.8. The first kappa shape index (κ1) is 16.0. The van der Waals surface area contributed by atoms with E-state index in [1.54, 1.807) is 0 Å². The van der Waals surface area contributed by atoms with Crippen molar-refractivity contribution in [3.05, 3.63) is 17.5 Å². The van der Waals surface area contributed by atoms with Crippen LogP contribution < -0.4 is 0 Å². The molecule has 1 aromatic rings. The highest BCUT2D eigenvalue weighted by molar-refractivity contribution is 5.74. The van der Waals surface area contributed by atoms with Crippen LogP contribution in [0.2, 0.25) is 0 Å². The number of piperidine rings is 1. The lowest BCUT2D eigenvalue weighted by Gasteiger charge is -2.38. The molecule has 0 radical (unpaired) electrons. The standard InChI is InChI=1S/C16H27N3O2/c1-4-13-11-14(19(6-3)17-13)12-18-9-7-16(5-2,8-10-18)15(20)21/h11H,4-10,12H2,1-3H3,(H,20,21). The lowest BCUT2D eigenvalue weighted by atomic mass is 9.76. The van der Waals surface area contributed by atoms with Crippen LogP contribution in [0.15, 0.2) is 6.07 Å². The summed E-state index contributed by atoms with van der Waals surface area (Å²) < 4.78 is 2.07. The first-order valence-electron chi connectivity index (χ1n) is 8.06. The molecule has 1 N–H and O–H groups in total. The summed E-state index contributed by atoms with van der Waals surface area (Å²) in [6.07, 6.45) is 3.18. The Morgan fingerprint density at radius 1 is 1.33 bits per heavy atom. The smallest absolute Gasteiger partial charge is 0.309 e. The van der Waals surface area contributed by atoms with Crippen molar-refractivity contribution in [1.82, 2.24) is 14.7 Å². The molecule has 2 rings (SSSR count). The molecule has 21 heavy (non-hydrogen) atoms. The third-order valence-corrected chi connectivity index (χ3v) is 4.90. The third kappa shape index (κ3) is 3.28. The van der Waals surface area contributed by atoms with Gasteiger partial charge >= 0.3 is 5.97 Å². The number of aromatic nitrogens is 2. The Kier molecular flexibility index (Phi) is 5.04. The zero-order valence-corrected chi connectivity index (χ0v) is 13.4. The molecule has 0 aliphatic carbocycles. The number of carboxylic acid groups (broad SMARTS) is 1. The summed E-state index contributed by atoms with van der Waals surface area (Å²) in [6.45, 7) is 9.70. The summed E-state index contributed by atoms with van der Waals surface area (Å²) in [4.78, 5) is 13.8. The van der Waals surface area contributed by atoms with Crippen LogP contribution in [0.1, 0.15) is 51.4 Å². The van der Waals surface area contributed by atoms with Crippen molar-refractivity contribution in [2.24, 2.45) is 5.41 Å². The van der Waals surface area contributed by atoms with Gasteiger partial charge in [-0.15, -0.1) is 0 Å². The molecular weight excluding hydrogens is 266 g/mol.